The Morgan fingerprint density at radius 3 is 2.61 bits per heavy atom. The Labute approximate surface area is 105 Å². The molecule has 5 nitrogen and oxygen atoms in total. The van der Waals surface area contributed by atoms with Gasteiger partial charge in [0.1, 0.15) is 0 Å². The fraction of sp³-hybridized carbons (Fsp3) is 0.385. The predicted octanol–water partition coefficient (Wildman–Crippen LogP) is 0.462. The van der Waals surface area contributed by atoms with Crippen molar-refractivity contribution in [3.63, 3.8) is 0 Å². The van der Waals surface area contributed by atoms with E-state index in [0.29, 0.717) is 6.42 Å². The molecule has 0 aliphatic carbocycles. The molecule has 1 saturated heterocycles. The number of carbonyl (C=O) groups excluding carboxylic acids is 1. The highest BCUT2D eigenvalue weighted by Crippen LogP contribution is 2.33. The summed E-state index contributed by atoms with van der Waals surface area (Å²) in [5, 5.41) is 12.2. The second-order valence-electron chi connectivity index (χ2n) is 4.48. The minimum atomic E-state index is -1.52. The van der Waals surface area contributed by atoms with Gasteiger partial charge in [-0.25, -0.2) is 4.79 Å². The van der Waals surface area contributed by atoms with Crippen LogP contribution in [-0.4, -0.2) is 28.9 Å². The van der Waals surface area contributed by atoms with Crippen LogP contribution in [0.15, 0.2) is 30.3 Å². The number of carboxylic acids is 1. The van der Waals surface area contributed by atoms with Gasteiger partial charge in [-0.05, 0) is 18.4 Å². The van der Waals surface area contributed by atoms with Crippen LogP contribution >= 0.6 is 0 Å². The van der Waals surface area contributed by atoms with Crippen molar-refractivity contribution in [2.24, 2.45) is 5.73 Å². The van der Waals surface area contributed by atoms with Gasteiger partial charge in [0.25, 0.3) is 0 Å². The van der Waals surface area contributed by atoms with Crippen molar-refractivity contribution < 1.29 is 14.7 Å². The Bertz CT molecular complexity index is 461. The van der Waals surface area contributed by atoms with E-state index >= 15 is 0 Å². The van der Waals surface area contributed by atoms with E-state index in [-0.39, 0.29) is 19.0 Å². The summed E-state index contributed by atoms with van der Waals surface area (Å²) in [6.07, 6.45) is 0.889. The number of benzene rings is 1. The van der Waals surface area contributed by atoms with Crippen LogP contribution in [0.5, 0.6) is 0 Å². The second-order valence-corrected chi connectivity index (χ2v) is 4.48. The van der Waals surface area contributed by atoms with Gasteiger partial charge in [-0.15, -0.1) is 0 Å². The molecule has 18 heavy (non-hydrogen) atoms. The molecule has 0 spiro atoms. The first-order valence-corrected chi connectivity index (χ1v) is 5.89. The minimum Gasteiger partial charge on any atom is -0.480 e. The monoisotopic (exact) mass is 248 g/mol. The Morgan fingerprint density at radius 2 is 2.06 bits per heavy atom. The van der Waals surface area contributed by atoms with Gasteiger partial charge in [-0.2, -0.15) is 0 Å². The van der Waals surface area contributed by atoms with Gasteiger partial charge in [-0.1, -0.05) is 30.3 Å². The molecule has 2 rings (SSSR count). The second kappa shape index (κ2) is 4.88. The van der Waals surface area contributed by atoms with Gasteiger partial charge in [0.15, 0.2) is 11.3 Å². The molecule has 1 unspecified atom stereocenters. The lowest BCUT2D eigenvalue weighted by Crippen LogP contribution is -2.56. The molecule has 5 heteroatoms. The molecule has 0 amide bonds. The third-order valence-corrected chi connectivity index (χ3v) is 3.46. The maximum Gasteiger partial charge on any atom is 0.331 e. The van der Waals surface area contributed by atoms with Gasteiger partial charge in [0.05, 0.1) is 6.54 Å². The highest BCUT2D eigenvalue weighted by Gasteiger charge is 2.50. The number of aliphatic carboxylic acids is 1. The molecule has 1 heterocycles. The summed E-state index contributed by atoms with van der Waals surface area (Å²) < 4.78 is 0. The van der Waals surface area contributed by atoms with Crippen LogP contribution in [0, 0.1) is 0 Å². The average Bonchev–Trinajstić information content (AvgIpc) is 2.85. The van der Waals surface area contributed by atoms with Crippen LogP contribution in [0.1, 0.15) is 24.4 Å². The third-order valence-electron chi connectivity index (χ3n) is 3.46. The smallest absolute Gasteiger partial charge is 0.331 e. The van der Waals surface area contributed by atoms with E-state index < -0.39 is 17.3 Å². The third kappa shape index (κ3) is 2.02. The van der Waals surface area contributed by atoms with Crippen molar-refractivity contribution in [1.29, 1.82) is 0 Å². The SMILES string of the molecule is NCC(=O)[C@@]1(C(=O)O)CCC(c2ccccc2)N1. The molecule has 1 aromatic carbocycles. The van der Waals surface area contributed by atoms with Crippen molar-refractivity contribution >= 4 is 11.8 Å². The molecular weight excluding hydrogens is 232 g/mol. The Hall–Kier alpha value is -1.72. The zero-order chi connectivity index (χ0) is 13.2. The van der Waals surface area contributed by atoms with Crippen LogP contribution in [0.25, 0.3) is 0 Å². The van der Waals surface area contributed by atoms with Crippen LogP contribution in [0.4, 0.5) is 0 Å². The lowest BCUT2D eigenvalue weighted by molar-refractivity contribution is -0.149. The molecule has 96 valence electrons. The van der Waals surface area contributed by atoms with Gasteiger partial charge >= 0.3 is 5.97 Å². The molecular formula is C13H16N2O3. The lowest BCUT2D eigenvalue weighted by atomic mass is 9.92. The molecule has 4 N–H and O–H groups in total. The van der Waals surface area contributed by atoms with Gasteiger partial charge in [0, 0.05) is 6.04 Å². The lowest BCUT2D eigenvalue weighted by Gasteiger charge is -2.24. The zero-order valence-corrected chi connectivity index (χ0v) is 9.93. The molecule has 1 aliphatic heterocycles. The van der Waals surface area contributed by atoms with E-state index in [1.807, 2.05) is 30.3 Å². The van der Waals surface area contributed by atoms with E-state index in [1.165, 1.54) is 0 Å². The normalized spacial score (nSPS) is 27.1. The number of hydrogen-bond acceptors (Lipinski definition) is 4. The summed E-state index contributed by atoms with van der Waals surface area (Å²) >= 11 is 0. The van der Waals surface area contributed by atoms with Gasteiger partial charge < -0.3 is 10.8 Å². The molecule has 0 saturated carbocycles. The Morgan fingerprint density at radius 1 is 1.39 bits per heavy atom. The van der Waals surface area contributed by atoms with E-state index in [2.05, 4.69) is 5.32 Å². The van der Waals surface area contributed by atoms with Crippen LogP contribution in [0.3, 0.4) is 0 Å². The summed E-state index contributed by atoms with van der Waals surface area (Å²) in [6, 6.07) is 9.40. The van der Waals surface area contributed by atoms with Crippen LogP contribution < -0.4 is 11.1 Å². The summed E-state index contributed by atoms with van der Waals surface area (Å²) in [4.78, 5) is 23.1. The molecule has 1 fully saturated rings. The minimum absolute atomic E-state index is 0.113. The predicted molar refractivity (Wildman–Crippen MR) is 66.0 cm³/mol. The zero-order valence-electron chi connectivity index (χ0n) is 9.93. The molecule has 2 atom stereocenters. The van der Waals surface area contributed by atoms with Crippen molar-refractivity contribution in [3.05, 3.63) is 35.9 Å². The van der Waals surface area contributed by atoms with Crippen molar-refractivity contribution in [2.45, 2.75) is 24.4 Å². The van der Waals surface area contributed by atoms with E-state index in [4.69, 9.17) is 5.73 Å². The maximum atomic E-state index is 11.8. The van der Waals surface area contributed by atoms with Gasteiger partial charge in [0.2, 0.25) is 0 Å². The topological polar surface area (TPSA) is 92.4 Å². The number of carbonyl (C=O) groups is 2. The maximum absolute atomic E-state index is 11.8. The number of hydrogen-bond donors (Lipinski definition) is 3. The Balaban J connectivity index is 2.24. The standard InChI is InChI=1S/C13H16N2O3/c14-8-11(16)13(12(17)18)7-6-10(15-13)9-4-2-1-3-5-9/h1-5,10,15H,6-8,14H2,(H,17,18)/t10?,13-/m1/s1. The van der Waals surface area contributed by atoms with Crippen molar-refractivity contribution in [3.8, 4) is 0 Å². The highest BCUT2D eigenvalue weighted by molar-refractivity contribution is 6.09. The van der Waals surface area contributed by atoms with E-state index in [9.17, 15) is 14.7 Å². The highest BCUT2D eigenvalue weighted by atomic mass is 16.4. The summed E-state index contributed by atoms with van der Waals surface area (Å²) in [5.74, 6) is -1.61. The fourth-order valence-corrected chi connectivity index (χ4v) is 2.42. The van der Waals surface area contributed by atoms with Crippen molar-refractivity contribution in [1.82, 2.24) is 5.32 Å². The number of carboxylic acid groups (broad SMARTS) is 1. The average molecular weight is 248 g/mol. The molecule has 0 aromatic heterocycles. The Kier molecular flexibility index (Phi) is 3.45. The molecule has 1 aromatic rings. The first-order valence-electron chi connectivity index (χ1n) is 5.89. The molecule has 1 aliphatic rings. The largest absolute Gasteiger partial charge is 0.480 e. The van der Waals surface area contributed by atoms with Crippen molar-refractivity contribution in [2.75, 3.05) is 6.54 Å². The number of nitrogens with one attached hydrogen (secondary N) is 1. The summed E-state index contributed by atoms with van der Waals surface area (Å²) in [5.41, 5.74) is 4.78. The molecule has 0 bridgehead atoms. The van der Waals surface area contributed by atoms with E-state index in [1.54, 1.807) is 0 Å². The summed E-state index contributed by atoms with van der Waals surface area (Å²) in [7, 11) is 0. The molecule has 0 radical (unpaired) electrons. The van der Waals surface area contributed by atoms with E-state index in [0.717, 1.165) is 5.56 Å². The first-order chi connectivity index (χ1) is 8.60. The number of ketones is 1. The van der Waals surface area contributed by atoms with Crippen LogP contribution in [0.2, 0.25) is 0 Å². The summed E-state index contributed by atoms with van der Waals surface area (Å²) in [6.45, 7) is -0.263. The number of rotatable bonds is 4. The first kappa shape index (κ1) is 12.7. The fourth-order valence-electron chi connectivity index (χ4n) is 2.42. The van der Waals surface area contributed by atoms with Gasteiger partial charge in [-0.3, -0.25) is 10.1 Å². The number of nitrogens with two attached hydrogens (primary N) is 1. The quantitative estimate of drug-likeness (QED) is 0.673. The van der Waals surface area contributed by atoms with Crippen LogP contribution in [-0.2, 0) is 9.59 Å². The number of Topliss-reactive ketones (excluding diaryl/α,β-unsaturated/α-hetero) is 1.